The number of carbonyl (C=O) groups is 1. The number of methoxy groups -OCH3 is 1. The fourth-order valence-corrected chi connectivity index (χ4v) is 3.24. The molecule has 1 amide bonds. The number of halogens is 1. The number of amides is 1. The molecule has 0 radical (unpaired) electrons. The highest BCUT2D eigenvalue weighted by molar-refractivity contribution is 5.76. The Morgan fingerprint density at radius 1 is 0.968 bits per heavy atom. The normalized spacial score (nSPS) is 11.6. The minimum absolute atomic E-state index is 0.0998. The van der Waals surface area contributed by atoms with Crippen LogP contribution in [0.25, 0.3) is 0 Å². The SMILES string of the molecule is COc1cc(CNC(=O)C[NH+](C)Cc2ccccc2F)ccc1OCc1ccccc1. The number of likely N-dealkylation sites (N-methyl/N-ethyl adjacent to an activating group) is 1. The van der Waals surface area contributed by atoms with E-state index in [4.69, 9.17) is 9.47 Å². The Balaban J connectivity index is 1.50. The smallest absolute Gasteiger partial charge is 0.275 e. The number of quaternary nitrogens is 1. The molecule has 162 valence electrons. The molecule has 1 atom stereocenters. The summed E-state index contributed by atoms with van der Waals surface area (Å²) in [4.78, 5) is 13.2. The summed E-state index contributed by atoms with van der Waals surface area (Å²) in [7, 11) is 3.46. The Kier molecular flexibility index (Phi) is 8.01. The molecule has 5 nitrogen and oxygen atoms in total. The van der Waals surface area contributed by atoms with E-state index in [0.717, 1.165) is 16.0 Å². The average Bonchev–Trinajstić information content (AvgIpc) is 2.78. The summed E-state index contributed by atoms with van der Waals surface area (Å²) < 4.78 is 25.1. The second kappa shape index (κ2) is 11.1. The van der Waals surface area contributed by atoms with Gasteiger partial charge in [-0.25, -0.2) is 4.39 Å². The second-order valence-corrected chi connectivity index (χ2v) is 7.44. The van der Waals surface area contributed by atoms with Crippen LogP contribution in [0.15, 0.2) is 72.8 Å². The van der Waals surface area contributed by atoms with Gasteiger partial charge in [0.15, 0.2) is 18.0 Å². The first-order chi connectivity index (χ1) is 15.0. The van der Waals surface area contributed by atoms with E-state index < -0.39 is 0 Å². The van der Waals surface area contributed by atoms with Crippen molar-refractivity contribution in [2.45, 2.75) is 19.7 Å². The summed E-state index contributed by atoms with van der Waals surface area (Å²) >= 11 is 0. The van der Waals surface area contributed by atoms with Gasteiger partial charge in [0.05, 0.1) is 14.2 Å². The molecule has 0 aliphatic carbocycles. The number of ether oxygens (including phenoxy) is 2. The van der Waals surface area contributed by atoms with E-state index in [1.807, 2.05) is 55.6 Å². The summed E-state index contributed by atoms with van der Waals surface area (Å²) in [6.45, 7) is 1.52. The maximum Gasteiger partial charge on any atom is 0.275 e. The third-order valence-corrected chi connectivity index (χ3v) is 4.87. The minimum Gasteiger partial charge on any atom is -0.493 e. The standard InChI is InChI=1S/C25H27FN2O3/c1-28(16-21-10-6-7-11-22(21)26)17-25(29)27-15-20-12-13-23(24(14-20)30-2)31-18-19-8-4-3-5-9-19/h3-14H,15-18H2,1-2H3,(H,27,29)/p+1. The molecule has 0 bridgehead atoms. The van der Waals surface area contributed by atoms with Crippen LogP contribution in [-0.2, 0) is 24.5 Å². The van der Waals surface area contributed by atoms with Crippen molar-refractivity contribution in [3.8, 4) is 11.5 Å². The van der Waals surface area contributed by atoms with Crippen LogP contribution in [0.4, 0.5) is 4.39 Å². The lowest BCUT2D eigenvalue weighted by Crippen LogP contribution is -3.09. The predicted octanol–water partition coefficient (Wildman–Crippen LogP) is 2.74. The van der Waals surface area contributed by atoms with E-state index in [1.165, 1.54) is 6.07 Å². The fourth-order valence-electron chi connectivity index (χ4n) is 3.24. The number of nitrogens with one attached hydrogen (secondary N) is 2. The lowest BCUT2D eigenvalue weighted by molar-refractivity contribution is -0.885. The van der Waals surface area contributed by atoms with Gasteiger partial charge in [0, 0.05) is 12.1 Å². The molecule has 3 rings (SSSR count). The third kappa shape index (κ3) is 6.83. The lowest BCUT2D eigenvalue weighted by atomic mass is 10.2. The molecule has 31 heavy (non-hydrogen) atoms. The lowest BCUT2D eigenvalue weighted by Gasteiger charge is -2.15. The fraction of sp³-hybridized carbons (Fsp3) is 0.240. The second-order valence-electron chi connectivity index (χ2n) is 7.44. The Hall–Kier alpha value is -3.38. The molecule has 0 saturated heterocycles. The number of rotatable bonds is 10. The van der Waals surface area contributed by atoms with Crippen molar-refractivity contribution >= 4 is 5.91 Å². The topological polar surface area (TPSA) is 52.0 Å². The van der Waals surface area contributed by atoms with E-state index in [0.29, 0.717) is 36.8 Å². The van der Waals surface area contributed by atoms with Crippen LogP contribution in [0, 0.1) is 5.82 Å². The van der Waals surface area contributed by atoms with E-state index in [2.05, 4.69) is 5.32 Å². The van der Waals surface area contributed by atoms with E-state index >= 15 is 0 Å². The molecule has 2 N–H and O–H groups in total. The van der Waals surface area contributed by atoms with Gasteiger partial charge in [-0.2, -0.15) is 0 Å². The Morgan fingerprint density at radius 2 is 1.71 bits per heavy atom. The van der Waals surface area contributed by atoms with Crippen molar-refractivity contribution in [3.05, 3.63) is 95.3 Å². The van der Waals surface area contributed by atoms with E-state index in [-0.39, 0.29) is 18.3 Å². The van der Waals surface area contributed by atoms with Crippen LogP contribution in [0.1, 0.15) is 16.7 Å². The summed E-state index contributed by atoms with van der Waals surface area (Å²) in [5.41, 5.74) is 2.58. The summed E-state index contributed by atoms with van der Waals surface area (Å²) in [6, 6.07) is 22.1. The zero-order valence-electron chi connectivity index (χ0n) is 17.9. The monoisotopic (exact) mass is 423 g/mol. The number of benzene rings is 3. The average molecular weight is 424 g/mol. The van der Waals surface area contributed by atoms with Crippen LogP contribution in [0.2, 0.25) is 0 Å². The maximum absolute atomic E-state index is 13.8. The first kappa shape index (κ1) is 22.3. The predicted molar refractivity (Wildman–Crippen MR) is 117 cm³/mol. The third-order valence-electron chi connectivity index (χ3n) is 4.87. The number of hydrogen-bond acceptors (Lipinski definition) is 3. The van der Waals surface area contributed by atoms with Crippen molar-refractivity contribution in [1.82, 2.24) is 5.32 Å². The summed E-state index contributed by atoms with van der Waals surface area (Å²) in [5, 5.41) is 2.91. The van der Waals surface area contributed by atoms with Crippen molar-refractivity contribution in [2.75, 3.05) is 20.7 Å². The van der Waals surface area contributed by atoms with Crippen LogP contribution < -0.4 is 19.7 Å². The molecule has 6 heteroatoms. The Morgan fingerprint density at radius 3 is 2.45 bits per heavy atom. The molecule has 1 unspecified atom stereocenters. The van der Waals surface area contributed by atoms with Gasteiger partial charge in [-0.15, -0.1) is 0 Å². The highest BCUT2D eigenvalue weighted by atomic mass is 19.1. The van der Waals surface area contributed by atoms with Gasteiger partial charge >= 0.3 is 0 Å². The molecule has 0 aliphatic heterocycles. The van der Waals surface area contributed by atoms with Crippen LogP contribution in [0.3, 0.4) is 0 Å². The van der Waals surface area contributed by atoms with Crippen molar-refractivity contribution in [2.24, 2.45) is 0 Å². The summed E-state index contributed by atoms with van der Waals surface area (Å²) in [5.74, 6) is 0.918. The van der Waals surface area contributed by atoms with Crippen LogP contribution in [-0.4, -0.2) is 26.6 Å². The largest absolute Gasteiger partial charge is 0.493 e. The molecular weight excluding hydrogens is 395 g/mol. The quantitative estimate of drug-likeness (QED) is 0.527. The molecule has 0 fully saturated rings. The zero-order valence-corrected chi connectivity index (χ0v) is 17.9. The van der Waals surface area contributed by atoms with Gasteiger partial charge in [-0.1, -0.05) is 54.6 Å². The number of carbonyl (C=O) groups excluding carboxylic acids is 1. The highest BCUT2D eigenvalue weighted by Gasteiger charge is 2.13. The first-order valence-corrected chi connectivity index (χ1v) is 10.2. The van der Waals surface area contributed by atoms with Gasteiger partial charge in [-0.05, 0) is 29.3 Å². The molecule has 0 aromatic heterocycles. The van der Waals surface area contributed by atoms with Gasteiger partial charge in [-0.3, -0.25) is 4.79 Å². The van der Waals surface area contributed by atoms with Crippen molar-refractivity contribution in [3.63, 3.8) is 0 Å². The Labute approximate surface area is 182 Å². The molecule has 3 aromatic carbocycles. The van der Waals surface area contributed by atoms with Gasteiger partial charge < -0.3 is 19.7 Å². The van der Waals surface area contributed by atoms with Crippen LogP contribution in [0.5, 0.6) is 11.5 Å². The molecule has 0 heterocycles. The Bertz CT molecular complexity index is 995. The molecular formula is C25H28FN2O3+. The van der Waals surface area contributed by atoms with E-state index in [1.54, 1.807) is 25.3 Å². The summed E-state index contributed by atoms with van der Waals surface area (Å²) in [6.07, 6.45) is 0. The van der Waals surface area contributed by atoms with Gasteiger partial charge in [0.2, 0.25) is 0 Å². The molecule has 3 aromatic rings. The van der Waals surface area contributed by atoms with Gasteiger partial charge in [0.25, 0.3) is 5.91 Å². The molecule has 0 saturated carbocycles. The minimum atomic E-state index is -0.246. The highest BCUT2D eigenvalue weighted by Crippen LogP contribution is 2.28. The van der Waals surface area contributed by atoms with Crippen LogP contribution >= 0.6 is 0 Å². The van der Waals surface area contributed by atoms with Gasteiger partial charge in [0.1, 0.15) is 19.0 Å². The van der Waals surface area contributed by atoms with Crippen molar-refractivity contribution in [1.29, 1.82) is 0 Å². The zero-order chi connectivity index (χ0) is 22.1. The van der Waals surface area contributed by atoms with E-state index in [9.17, 15) is 9.18 Å². The molecule has 0 spiro atoms. The maximum atomic E-state index is 13.8. The molecule has 0 aliphatic rings. The van der Waals surface area contributed by atoms with Crippen molar-refractivity contribution < 1.29 is 23.6 Å². The number of hydrogen-bond donors (Lipinski definition) is 2. The first-order valence-electron chi connectivity index (χ1n) is 10.2.